The first-order valence-electron chi connectivity index (χ1n) is 9.53. The van der Waals surface area contributed by atoms with Crippen LogP contribution >= 0.6 is 0 Å². The summed E-state index contributed by atoms with van der Waals surface area (Å²) in [7, 11) is 1.67. The number of hydrogen-bond acceptors (Lipinski definition) is 5. The van der Waals surface area contributed by atoms with Crippen molar-refractivity contribution in [3.63, 3.8) is 0 Å². The Kier molecular flexibility index (Phi) is 5.13. The number of pyridine rings is 1. The Balaban J connectivity index is 1.84. The standard InChI is InChI=1S/C20H19F3N6O2/c1-3-12(10-30)25-18(31)11-4-6-15-14(8-11)17-19(28(2)27-26-17)29(15)13-5-7-16(24-9-13)20(21,22)23/h4-9,12,30H,3,10H2,1-2H3,(H,25,31). The maximum Gasteiger partial charge on any atom is 0.433 e. The predicted molar refractivity (Wildman–Crippen MR) is 107 cm³/mol. The summed E-state index contributed by atoms with van der Waals surface area (Å²) in [5.41, 5.74) is 1.48. The first-order valence-corrected chi connectivity index (χ1v) is 9.53. The second-order valence-corrected chi connectivity index (χ2v) is 7.11. The molecule has 2 N–H and O–H groups in total. The molecule has 0 aliphatic rings. The van der Waals surface area contributed by atoms with Gasteiger partial charge in [0.1, 0.15) is 11.2 Å². The van der Waals surface area contributed by atoms with E-state index in [4.69, 9.17) is 0 Å². The van der Waals surface area contributed by atoms with E-state index < -0.39 is 11.9 Å². The van der Waals surface area contributed by atoms with Crippen molar-refractivity contribution in [3.8, 4) is 5.69 Å². The van der Waals surface area contributed by atoms with E-state index in [0.29, 0.717) is 39.7 Å². The molecule has 0 aliphatic carbocycles. The van der Waals surface area contributed by atoms with Gasteiger partial charge in [-0.1, -0.05) is 12.1 Å². The van der Waals surface area contributed by atoms with Crippen LogP contribution in [0.25, 0.3) is 27.8 Å². The van der Waals surface area contributed by atoms with Crippen molar-refractivity contribution >= 4 is 28.0 Å². The maximum absolute atomic E-state index is 12.9. The van der Waals surface area contributed by atoms with Gasteiger partial charge in [0.15, 0.2) is 5.65 Å². The largest absolute Gasteiger partial charge is 0.433 e. The van der Waals surface area contributed by atoms with Gasteiger partial charge in [-0.05, 0) is 36.8 Å². The van der Waals surface area contributed by atoms with Crippen molar-refractivity contribution in [2.24, 2.45) is 7.05 Å². The minimum absolute atomic E-state index is 0.170. The fourth-order valence-electron chi connectivity index (χ4n) is 3.45. The SMILES string of the molecule is CCC(CO)NC(=O)c1ccc2c(c1)c1nnn(C)c1n2-c1ccc(C(F)(F)F)nc1. The van der Waals surface area contributed by atoms with Crippen LogP contribution in [0.1, 0.15) is 29.4 Å². The number of fused-ring (bicyclic) bond motifs is 3. The zero-order chi connectivity index (χ0) is 22.3. The lowest BCUT2D eigenvalue weighted by molar-refractivity contribution is -0.141. The number of hydrogen-bond donors (Lipinski definition) is 2. The second-order valence-electron chi connectivity index (χ2n) is 7.11. The predicted octanol–water partition coefficient (Wildman–Crippen LogP) is 2.83. The molecule has 0 saturated carbocycles. The Morgan fingerprint density at radius 3 is 2.65 bits per heavy atom. The highest BCUT2D eigenvalue weighted by atomic mass is 19.4. The van der Waals surface area contributed by atoms with Gasteiger partial charge >= 0.3 is 6.18 Å². The summed E-state index contributed by atoms with van der Waals surface area (Å²) in [6.07, 6.45) is -2.81. The van der Waals surface area contributed by atoms with Crippen LogP contribution in [-0.2, 0) is 13.2 Å². The highest BCUT2D eigenvalue weighted by molar-refractivity contribution is 6.09. The van der Waals surface area contributed by atoms with E-state index in [2.05, 4.69) is 20.6 Å². The number of nitrogens with one attached hydrogen (secondary N) is 1. The van der Waals surface area contributed by atoms with Crippen molar-refractivity contribution in [2.45, 2.75) is 25.6 Å². The van der Waals surface area contributed by atoms with Gasteiger partial charge < -0.3 is 10.4 Å². The van der Waals surface area contributed by atoms with Crippen LogP contribution in [0, 0.1) is 0 Å². The molecule has 0 spiro atoms. The van der Waals surface area contributed by atoms with Gasteiger partial charge in [-0.15, -0.1) is 5.10 Å². The van der Waals surface area contributed by atoms with E-state index in [-0.39, 0.29) is 18.6 Å². The second kappa shape index (κ2) is 7.65. The number of halogens is 3. The van der Waals surface area contributed by atoms with Crippen molar-refractivity contribution in [1.29, 1.82) is 0 Å². The number of nitrogens with zero attached hydrogens (tertiary/aromatic N) is 5. The molecule has 1 unspecified atom stereocenters. The monoisotopic (exact) mass is 432 g/mol. The Hall–Kier alpha value is -3.47. The molecule has 0 aliphatic heterocycles. The first kappa shape index (κ1) is 20.8. The molecule has 1 aromatic carbocycles. The molecule has 1 amide bonds. The lowest BCUT2D eigenvalue weighted by Crippen LogP contribution is -2.36. The molecule has 3 aromatic heterocycles. The lowest BCUT2D eigenvalue weighted by Gasteiger charge is -2.14. The minimum Gasteiger partial charge on any atom is -0.394 e. The van der Waals surface area contributed by atoms with Gasteiger partial charge in [-0.25, -0.2) is 9.67 Å². The normalized spacial score (nSPS) is 13.1. The van der Waals surface area contributed by atoms with E-state index in [0.717, 1.165) is 12.3 Å². The lowest BCUT2D eigenvalue weighted by atomic mass is 10.1. The van der Waals surface area contributed by atoms with Gasteiger partial charge in [-0.3, -0.25) is 9.36 Å². The molecule has 0 fully saturated rings. The van der Waals surface area contributed by atoms with Gasteiger partial charge in [0.2, 0.25) is 0 Å². The van der Waals surface area contributed by atoms with Crippen LogP contribution in [0.4, 0.5) is 13.2 Å². The van der Waals surface area contributed by atoms with Crippen molar-refractivity contribution in [1.82, 2.24) is 29.9 Å². The fourth-order valence-corrected chi connectivity index (χ4v) is 3.45. The smallest absolute Gasteiger partial charge is 0.394 e. The molecule has 0 radical (unpaired) electrons. The third kappa shape index (κ3) is 3.61. The van der Waals surface area contributed by atoms with E-state index in [1.165, 1.54) is 10.7 Å². The zero-order valence-corrected chi connectivity index (χ0v) is 16.7. The molecule has 1 atom stereocenters. The first-order chi connectivity index (χ1) is 14.7. The molecule has 11 heteroatoms. The molecule has 162 valence electrons. The van der Waals surface area contributed by atoms with Crippen LogP contribution in [-0.4, -0.2) is 48.2 Å². The van der Waals surface area contributed by atoms with Crippen LogP contribution in [0.3, 0.4) is 0 Å². The number of amides is 1. The summed E-state index contributed by atoms with van der Waals surface area (Å²) >= 11 is 0. The number of rotatable bonds is 5. The van der Waals surface area contributed by atoms with Crippen molar-refractivity contribution in [3.05, 3.63) is 47.8 Å². The van der Waals surface area contributed by atoms with Crippen LogP contribution in [0.2, 0.25) is 0 Å². The summed E-state index contributed by atoms with van der Waals surface area (Å²) in [5, 5.41) is 20.9. The molecular weight excluding hydrogens is 413 g/mol. The van der Waals surface area contributed by atoms with Crippen molar-refractivity contribution < 1.29 is 23.1 Å². The van der Waals surface area contributed by atoms with Crippen LogP contribution < -0.4 is 5.32 Å². The molecule has 0 bridgehead atoms. The number of carbonyl (C=O) groups excluding carboxylic acids is 1. The van der Waals surface area contributed by atoms with Gasteiger partial charge in [0.05, 0.1) is 30.0 Å². The Morgan fingerprint density at radius 2 is 2.03 bits per heavy atom. The highest BCUT2D eigenvalue weighted by Crippen LogP contribution is 2.32. The number of aliphatic hydroxyl groups is 1. The molecule has 31 heavy (non-hydrogen) atoms. The summed E-state index contributed by atoms with van der Waals surface area (Å²) in [6, 6.07) is 6.85. The summed E-state index contributed by atoms with van der Waals surface area (Å²) in [6.45, 7) is 1.68. The number of aliphatic hydroxyl groups excluding tert-OH is 1. The Bertz CT molecular complexity index is 1260. The maximum atomic E-state index is 12.9. The van der Waals surface area contributed by atoms with E-state index in [1.807, 2.05) is 6.92 Å². The number of alkyl halides is 3. The molecule has 8 nitrogen and oxygen atoms in total. The summed E-state index contributed by atoms with van der Waals surface area (Å²) < 4.78 is 41.9. The molecular formula is C20H19F3N6O2. The Morgan fingerprint density at radius 1 is 1.26 bits per heavy atom. The van der Waals surface area contributed by atoms with Gasteiger partial charge in [0.25, 0.3) is 5.91 Å². The van der Waals surface area contributed by atoms with Gasteiger partial charge in [-0.2, -0.15) is 13.2 Å². The van der Waals surface area contributed by atoms with E-state index in [1.54, 1.807) is 29.8 Å². The number of carbonyl (C=O) groups is 1. The Labute approximate surface area is 174 Å². The highest BCUT2D eigenvalue weighted by Gasteiger charge is 2.32. The van der Waals surface area contributed by atoms with Crippen molar-refractivity contribution in [2.75, 3.05) is 6.61 Å². The van der Waals surface area contributed by atoms with Gasteiger partial charge in [0, 0.05) is 18.0 Å². The molecule has 4 rings (SSSR count). The molecule has 3 heterocycles. The zero-order valence-electron chi connectivity index (χ0n) is 16.7. The number of aromatic nitrogens is 5. The topological polar surface area (TPSA) is 97.9 Å². The minimum atomic E-state index is -4.53. The van der Waals surface area contributed by atoms with Crippen LogP contribution in [0.5, 0.6) is 0 Å². The van der Waals surface area contributed by atoms with E-state index >= 15 is 0 Å². The summed E-state index contributed by atoms with van der Waals surface area (Å²) in [4.78, 5) is 16.1. The molecule has 0 saturated heterocycles. The molecule has 4 aromatic rings. The number of benzene rings is 1. The third-order valence-electron chi connectivity index (χ3n) is 5.11. The number of aryl methyl sites for hydroxylation is 1. The third-order valence-corrected chi connectivity index (χ3v) is 5.11. The fraction of sp³-hybridized carbons (Fsp3) is 0.300. The average Bonchev–Trinajstić information content (AvgIpc) is 3.28. The average molecular weight is 432 g/mol. The van der Waals surface area contributed by atoms with Crippen LogP contribution in [0.15, 0.2) is 36.5 Å². The van der Waals surface area contributed by atoms with E-state index in [9.17, 15) is 23.1 Å². The quantitative estimate of drug-likeness (QED) is 0.506. The summed E-state index contributed by atoms with van der Waals surface area (Å²) in [5.74, 6) is -0.344.